The minimum Gasteiger partial charge on any atom is -0.488 e. The van der Waals surface area contributed by atoms with Crippen LogP contribution in [-0.2, 0) is 6.61 Å². The molecule has 196 valence electrons. The van der Waals surface area contributed by atoms with Gasteiger partial charge in [0, 0.05) is 17.8 Å². The van der Waals surface area contributed by atoms with E-state index in [0.717, 1.165) is 27.9 Å². The van der Waals surface area contributed by atoms with Crippen LogP contribution < -0.4 is 10.1 Å². The van der Waals surface area contributed by atoms with E-state index in [0.29, 0.717) is 24.5 Å². The van der Waals surface area contributed by atoms with E-state index >= 15 is 0 Å². The Balaban J connectivity index is 1.03. The van der Waals surface area contributed by atoms with Gasteiger partial charge in [0.15, 0.2) is 0 Å². The standard InChI is InChI=1S/C36H29BrN2O/c37-33-21-24(15-20-35(33)40-23-27-9-5-8-25-7-1-2-10-29(25)27)22-38-28-18-16-26(17-19-28)36-32-13-6-12-30(32)31-11-3-4-14-34(31)39-36/h1-12,14-22,30,32,36,39H,13,23H2/t30-,32-,36+/m1/s1. The van der Waals surface area contributed by atoms with Gasteiger partial charge in [-0.1, -0.05) is 84.9 Å². The Hall–Kier alpha value is -4.15. The maximum absolute atomic E-state index is 6.17. The highest BCUT2D eigenvalue weighted by Gasteiger charge is 2.37. The van der Waals surface area contributed by atoms with Gasteiger partial charge >= 0.3 is 0 Å². The van der Waals surface area contributed by atoms with E-state index in [-0.39, 0.29) is 0 Å². The molecule has 4 heteroatoms. The minimum atomic E-state index is 0.297. The Morgan fingerprint density at radius 2 is 1.70 bits per heavy atom. The second-order valence-electron chi connectivity index (χ2n) is 10.5. The van der Waals surface area contributed by atoms with Crippen molar-refractivity contribution in [1.82, 2.24) is 0 Å². The fourth-order valence-electron chi connectivity index (χ4n) is 6.08. The van der Waals surface area contributed by atoms with Gasteiger partial charge in [0.1, 0.15) is 12.4 Å². The van der Waals surface area contributed by atoms with Crippen LogP contribution in [0, 0.1) is 5.92 Å². The number of hydrogen-bond acceptors (Lipinski definition) is 3. The van der Waals surface area contributed by atoms with Crippen molar-refractivity contribution in [2.24, 2.45) is 10.9 Å². The molecule has 5 aromatic carbocycles. The quantitative estimate of drug-likeness (QED) is 0.159. The molecule has 0 amide bonds. The highest BCUT2D eigenvalue weighted by molar-refractivity contribution is 9.10. The van der Waals surface area contributed by atoms with Gasteiger partial charge < -0.3 is 10.1 Å². The van der Waals surface area contributed by atoms with E-state index in [9.17, 15) is 0 Å². The summed E-state index contributed by atoms with van der Waals surface area (Å²) in [5, 5.41) is 6.25. The molecule has 1 aliphatic heterocycles. The predicted octanol–water partition coefficient (Wildman–Crippen LogP) is 9.76. The number of ether oxygens (including phenoxy) is 1. The van der Waals surface area contributed by atoms with Crippen LogP contribution in [0.1, 0.15) is 40.6 Å². The number of nitrogens with zero attached hydrogens (tertiary/aromatic N) is 1. The lowest BCUT2D eigenvalue weighted by Crippen LogP contribution is -2.28. The molecule has 0 fully saturated rings. The van der Waals surface area contributed by atoms with Crippen molar-refractivity contribution < 1.29 is 4.74 Å². The van der Waals surface area contributed by atoms with Crippen LogP contribution in [0.3, 0.4) is 0 Å². The maximum Gasteiger partial charge on any atom is 0.134 e. The average Bonchev–Trinajstić information content (AvgIpc) is 3.50. The van der Waals surface area contributed by atoms with Gasteiger partial charge in [0.2, 0.25) is 0 Å². The zero-order valence-corrected chi connectivity index (χ0v) is 23.6. The molecule has 0 unspecified atom stereocenters. The number of para-hydroxylation sites is 1. The van der Waals surface area contributed by atoms with Crippen LogP contribution in [0.5, 0.6) is 5.75 Å². The van der Waals surface area contributed by atoms with E-state index in [1.165, 1.54) is 33.2 Å². The van der Waals surface area contributed by atoms with Crippen molar-refractivity contribution in [3.05, 3.63) is 148 Å². The first-order valence-corrected chi connectivity index (χ1v) is 14.6. The molecular weight excluding hydrogens is 556 g/mol. The van der Waals surface area contributed by atoms with E-state index in [4.69, 9.17) is 9.73 Å². The van der Waals surface area contributed by atoms with Crippen molar-refractivity contribution >= 4 is 44.3 Å². The third-order valence-corrected chi connectivity index (χ3v) is 8.73. The minimum absolute atomic E-state index is 0.297. The molecule has 2 aliphatic rings. The lowest BCUT2D eigenvalue weighted by molar-refractivity contribution is 0.305. The molecule has 0 saturated heterocycles. The fourth-order valence-corrected chi connectivity index (χ4v) is 6.59. The lowest BCUT2D eigenvalue weighted by Gasteiger charge is -2.37. The van der Waals surface area contributed by atoms with Gasteiger partial charge in [-0.25, -0.2) is 0 Å². The maximum atomic E-state index is 6.17. The largest absolute Gasteiger partial charge is 0.488 e. The highest BCUT2D eigenvalue weighted by atomic mass is 79.9. The monoisotopic (exact) mass is 584 g/mol. The van der Waals surface area contributed by atoms with Crippen LogP contribution in [0.2, 0.25) is 0 Å². The number of rotatable bonds is 6. The van der Waals surface area contributed by atoms with Crippen LogP contribution in [-0.4, -0.2) is 6.21 Å². The second-order valence-corrected chi connectivity index (χ2v) is 11.4. The Morgan fingerprint density at radius 3 is 2.60 bits per heavy atom. The van der Waals surface area contributed by atoms with E-state index in [1.54, 1.807) is 0 Å². The molecule has 3 atom stereocenters. The normalized spacial score (nSPS) is 19.4. The van der Waals surface area contributed by atoms with Gasteiger partial charge in [-0.05, 0) is 97.7 Å². The summed E-state index contributed by atoms with van der Waals surface area (Å²) in [5.41, 5.74) is 7.09. The van der Waals surface area contributed by atoms with Gasteiger partial charge in [-0.3, -0.25) is 4.99 Å². The molecule has 0 spiro atoms. The summed E-state index contributed by atoms with van der Waals surface area (Å²) >= 11 is 3.69. The summed E-state index contributed by atoms with van der Waals surface area (Å²) in [4.78, 5) is 4.74. The molecule has 0 radical (unpaired) electrons. The van der Waals surface area contributed by atoms with Crippen molar-refractivity contribution in [3.63, 3.8) is 0 Å². The van der Waals surface area contributed by atoms with Crippen molar-refractivity contribution in [2.45, 2.75) is 25.0 Å². The number of halogens is 1. The Morgan fingerprint density at radius 1 is 0.875 bits per heavy atom. The van der Waals surface area contributed by atoms with Gasteiger partial charge in [-0.2, -0.15) is 0 Å². The first-order valence-electron chi connectivity index (χ1n) is 13.8. The van der Waals surface area contributed by atoms with Crippen LogP contribution in [0.15, 0.2) is 131 Å². The number of benzene rings is 5. The number of anilines is 1. The third-order valence-electron chi connectivity index (χ3n) is 8.11. The van der Waals surface area contributed by atoms with Crippen molar-refractivity contribution in [1.29, 1.82) is 0 Å². The molecule has 3 nitrogen and oxygen atoms in total. The number of aliphatic imine (C=N–C) groups is 1. The van der Waals surface area contributed by atoms with Crippen LogP contribution in [0.4, 0.5) is 11.4 Å². The summed E-state index contributed by atoms with van der Waals surface area (Å²) in [7, 11) is 0. The van der Waals surface area contributed by atoms with Gasteiger partial charge in [-0.15, -0.1) is 0 Å². The molecular formula is C36H29BrN2O. The second kappa shape index (κ2) is 10.8. The molecule has 1 N–H and O–H groups in total. The fraction of sp³-hybridized carbons (Fsp3) is 0.139. The van der Waals surface area contributed by atoms with Crippen LogP contribution in [0.25, 0.3) is 10.8 Å². The Kier molecular flexibility index (Phi) is 6.70. The van der Waals surface area contributed by atoms with Crippen molar-refractivity contribution in [2.75, 3.05) is 5.32 Å². The number of fused-ring (bicyclic) bond motifs is 4. The predicted molar refractivity (Wildman–Crippen MR) is 169 cm³/mol. The van der Waals surface area contributed by atoms with Crippen molar-refractivity contribution in [3.8, 4) is 5.75 Å². The Bertz CT molecular complexity index is 1740. The van der Waals surface area contributed by atoms with Gasteiger partial charge in [0.25, 0.3) is 0 Å². The van der Waals surface area contributed by atoms with E-state index in [1.807, 2.05) is 24.4 Å². The molecule has 0 aromatic heterocycles. The van der Waals surface area contributed by atoms with Crippen LogP contribution >= 0.6 is 15.9 Å². The molecule has 0 saturated carbocycles. The zero-order valence-electron chi connectivity index (χ0n) is 22.0. The Labute approximate surface area is 243 Å². The molecule has 7 rings (SSSR count). The zero-order chi connectivity index (χ0) is 26.9. The SMILES string of the molecule is Brc1cc(C=Nc2ccc([C@@H]3Nc4ccccc4[C@H]4C=CC[C@H]43)cc2)ccc1OCc1cccc2ccccc12. The summed E-state index contributed by atoms with van der Waals surface area (Å²) < 4.78 is 7.08. The first kappa shape index (κ1) is 24.9. The average molecular weight is 586 g/mol. The summed E-state index contributed by atoms with van der Waals surface area (Å²) in [6.45, 7) is 0.513. The molecule has 1 heterocycles. The summed E-state index contributed by atoms with van der Waals surface area (Å²) in [5.74, 6) is 1.84. The first-order chi connectivity index (χ1) is 19.7. The molecule has 1 aliphatic carbocycles. The molecule has 5 aromatic rings. The third kappa shape index (κ3) is 4.84. The highest BCUT2D eigenvalue weighted by Crippen LogP contribution is 2.49. The summed E-state index contributed by atoms with van der Waals surface area (Å²) in [6, 6.07) is 38.5. The van der Waals surface area contributed by atoms with Gasteiger partial charge in [0.05, 0.1) is 16.2 Å². The summed E-state index contributed by atoms with van der Waals surface area (Å²) in [6.07, 6.45) is 7.73. The van der Waals surface area contributed by atoms with E-state index < -0.39 is 0 Å². The van der Waals surface area contributed by atoms with E-state index in [2.05, 4.69) is 124 Å². The number of hydrogen-bond donors (Lipinski definition) is 1. The number of nitrogens with one attached hydrogen (secondary N) is 1. The number of allylic oxidation sites excluding steroid dienone is 2. The molecule has 40 heavy (non-hydrogen) atoms. The smallest absolute Gasteiger partial charge is 0.134 e. The topological polar surface area (TPSA) is 33.6 Å². The molecule has 0 bridgehead atoms. The lowest BCUT2D eigenvalue weighted by atomic mass is 9.77.